The summed E-state index contributed by atoms with van der Waals surface area (Å²) in [6.45, 7) is 2.09. The van der Waals surface area contributed by atoms with E-state index in [1.807, 2.05) is 29.0 Å². The molecule has 1 atom stereocenters. The summed E-state index contributed by atoms with van der Waals surface area (Å²) >= 11 is 0. The summed E-state index contributed by atoms with van der Waals surface area (Å²) in [6, 6.07) is 16.6. The Kier molecular flexibility index (Phi) is 4.02. The fourth-order valence-electron chi connectivity index (χ4n) is 2.54. The molecule has 0 saturated carbocycles. The molecule has 0 bridgehead atoms. The van der Waals surface area contributed by atoms with Crippen LogP contribution in [0.2, 0.25) is 0 Å². The number of rotatable bonds is 4. The second-order valence-electron chi connectivity index (χ2n) is 5.33. The Balaban J connectivity index is 1.98. The Morgan fingerprint density at radius 3 is 2.30 bits per heavy atom. The molecule has 0 aliphatic heterocycles. The highest BCUT2D eigenvalue weighted by Crippen LogP contribution is 2.25. The van der Waals surface area contributed by atoms with Crippen LogP contribution in [0.3, 0.4) is 0 Å². The summed E-state index contributed by atoms with van der Waals surface area (Å²) in [7, 11) is -3.68. The van der Waals surface area contributed by atoms with Gasteiger partial charge in [-0.1, -0.05) is 37.3 Å². The van der Waals surface area contributed by atoms with Gasteiger partial charge in [-0.15, -0.1) is 0 Å². The summed E-state index contributed by atoms with van der Waals surface area (Å²) in [6.07, 6.45) is 3.60. The lowest BCUT2D eigenvalue weighted by atomic mass is 10.0. The topological polar surface area (TPSA) is 78.0 Å². The molecule has 3 aromatic rings. The molecule has 1 aromatic heterocycles. The highest BCUT2D eigenvalue weighted by Gasteiger charge is 2.15. The molecule has 3 rings (SSSR count). The number of benzene rings is 2. The van der Waals surface area contributed by atoms with Gasteiger partial charge in [-0.3, -0.25) is 0 Å². The van der Waals surface area contributed by atoms with E-state index in [2.05, 4.69) is 24.0 Å². The first kappa shape index (κ1) is 15.5. The highest BCUT2D eigenvalue weighted by molar-refractivity contribution is 7.89. The van der Waals surface area contributed by atoms with E-state index < -0.39 is 10.0 Å². The molecule has 23 heavy (non-hydrogen) atoms. The number of imidazole rings is 1. The lowest BCUT2D eigenvalue weighted by molar-refractivity contribution is 0.598. The van der Waals surface area contributed by atoms with Crippen LogP contribution in [-0.4, -0.2) is 18.0 Å². The zero-order valence-corrected chi connectivity index (χ0v) is 13.4. The van der Waals surface area contributed by atoms with Gasteiger partial charge in [0.05, 0.1) is 4.90 Å². The van der Waals surface area contributed by atoms with Crippen molar-refractivity contribution in [2.24, 2.45) is 5.14 Å². The fraction of sp³-hybridized carbons (Fsp3) is 0.118. The third kappa shape index (κ3) is 3.18. The third-order valence-electron chi connectivity index (χ3n) is 3.80. The molecule has 0 aliphatic carbocycles. The van der Waals surface area contributed by atoms with Gasteiger partial charge in [-0.25, -0.2) is 18.5 Å². The van der Waals surface area contributed by atoms with Crippen molar-refractivity contribution in [3.05, 3.63) is 78.4 Å². The molecule has 2 N–H and O–H groups in total. The highest BCUT2D eigenvalue weighted by atomic mass is 32.2. The van der Waals surface area contributed by atoms with Gasteiger partial charge in [0.25, 0.3) is 0 Å². The second-order valence-corrected chi connectivity index (χ2v) is 6.89. The number of primary sulfonamides is 1. The predicted molar refractivity (Wildman–Crippen MR) is 88.9 cm³/mol. The van der Waals surface area contributed by atoms with Crippen LogP contribution >= 0.6 is 0 Å². The quantitative estimate of drug-likeness (QED) is 0.800. The van der Waals surface area contributed by atoms with Gasteiger partial charge in [0, 0.05) is 24.0 Å². The average molecular weight is 327 g/mol. The largest absolute Gasteiger partial charge is 0.303 e. The molecule has 0 amide bonds. The number of sulfonamides is 1. The molecule has 5 nitrogen and oxygen atoms in total. The van der Waals surface area contributed by atoms with Crippen molar-refractivity contribution in [2.75, 3.05) is 0 Å². The first-order valence-corrected chi connectivity index (χ1v) is 8.73. The molecule has 0 fully saturated rings. The van der Waals surface area contributed by atoms with E-state index in [4.69, 9.17) is 5.14 Å². The van der Waals surface area contributed by atoms with E-state index in [9.17, 15) is 8.42 Å². The Hall–Kier alpha value is -2.44. The van der Waals surface area contributed by atoms with E-state index in [1.165, 1.54) is 17.7 Å². The van der Waals surface area contributed by atoms with Crippen molar-refractivity contribution in [1.29, 1.82) is 0 Å². The molecule has 0 unspecified atom stereocenters. The molecule has 118 valence electrons. The van der Waals surface area contributed by atoms with Crippen molar-refractivity contribution in [3.63, 3.8) is 0 Å². The summed E-state index contributed by atoms with van der Waals surface area (Å²) in [5, 5.41) is 5.13. The molecular formula is C17H17N3O2S. The van der Waals surface area contributed by atoms with Crippen molar-refractivity contribution in [2.45, 2.75) is 17.7 Å². The Morgan fingerprint density at radius 1 is 1.04 bits per heavy atom. The van der Waals surface area contributed by atoms with Gasteiger partial charge < -0.3 is 4.57 Å². The number of hydrogen-bond acceptors (Lipinski definition) is 3. The molecule has 0 spiro atoms. The van der Waals surface area contributed by atoms with Crippen molar-refractivity contribution < 1.29 is 8.42 Å². The van der Waals surface area contributed by atoms with Crippen LogP contribution in [0.25, 0.3) is 5.69 Å². The summed E-state index contributed by atoms with van der Waals surface area (Å²) in [5.74, 6) is 1.00. The maximum atomic E-state index is 11.3. The zero-order chi connectivity index (χ0) is 16.4. The van der Waals surface area contributed by atoms with Crippen LogP contribution in [0, 0.1) is 0 Å². The molecule has 2 aromatic carbocycles. The number of aromatic nitrogens is 2. The SMILES string of the molecule is C[C@H](c1ccccc1)c1nccn1-c1ccc(S(N)(=O)=O)cc1. The van der Waals surface area contributed by atoms with Gasteiger partial charge in [0.1, 0.15) is 5.82 Å². The molecule has 0 radical (unpaired) electrons. The number of nitrogens with two attached hydrogens (primary N) is 1. The van der Waals surface area contributed by atoms with Gasteiger partial charge in [-0.05, 0) is 29.8 Å². The summed E-state index contributed by atoms with van der Waals surface area (Å²) < 4.78 is 24.6. The van der Waals surface area contributed by atoms with Gasteiger partial charge in [0.15, 0.2) is 0 Å². The van der Waals surface area contributed by atoms with Crippen LogP contribution < -0.4 is 5.14 Å². The Bertz CT molecular complexity index is 901. The van der Waals surface area contributed by atoms with Crippen molar-refractivity contribution >= 4 is 10.0 Å². The molecular weight excluding hydrogens is 310 g/mol. The minimum absolute atomic E-state index is 0.0963. The first-order chi connectivity index (χ1) is 11.0. The normalized spacial score (nSPS) is 13.0. The molecule has 6 heteroatoms. The standard InChI is InChI=1S/C17H17N3O2S/c1-13(14-5-3-2-4-6-14)17-19-11-12-20(17)15-7-9-16(10-8-15)23(18,21)22/h2-13H,1H3,(H2,18,21,22)/t13-/m1/s1. The number of nitrogens with zero attached hydrogens (tertiary/aromatic N) is 2. The van der Waals surface area contributed by atoms with Gasteiger partial charge >= 0.3 is 0 Å². The Morgan fingerprint density at radius 2 is 1.70 bits per heavy atom. The van der Waals surface area contributed by atoms with E-state index in [1.54, 1.807) is 18.3 Å². The minimum atomic E-state index is -3.68. The average Bonchev–Trinajstić information content (AvgIpc) is 3.04. The maximum Gasteiger partial charge on any atom is 0.238 e. The van der Waals surface area contributed by atoms with Gasteiger partial charge in [0.2, 0.25) is 10.0 Å². The monoisotopic (exact) mass is 327 g/mol. The summed E-state index contributed by atoms with van der Waals surface area (Å²) in [4.78, 5) is 4.56. The van der Waals surface area contributed by atoms with E-state index >= 15 is 0 Å². The number of hydrogen-bond donors (Lipinski definition) is 1. The fourth-order valence-corrected chi connectivity index (χ4v) is 3.06. The molecule has 1 heterocycles. The lowest BCUT2D eigenvalue weighted by Crippen LogP contribution is -2.12. The molecule has 0 saturated heterocycles. The smallest absolute Gasteiger partial charge is 0.238 e. The van der Waals surface area contributed by atoms with Crippen LogP contribution in [0.5, 0.6) is 0 Å². The van der Waals surface area contributed by atoms with Crippen LogP contribution in [-0.2, 0) is 10.0 Å². The van der Waals surface area contributed by atoms with Gasteiger partial charge in [-0.2, -0.15) is 0 Å². The third-order valence-corrected chi connectivity index (χ3v) is 4.73. The first-order valence-electron chi connectivity index (χ1n) is 7.18. The summed E-state index contributed by atoms with van der Waals surface area (Å²) in [5.41, 5.74) is 2.01. The van der Waals surface area contributed by atoms with Crippen molar-refractivity contribution in [1.82, 2.24) is 9.55 Å². The molecule has 0 aliphatic rings. The predicted octanol–water partition coefficient (Wildman–Crippen LogP) is 2.67. The van der Waals surface area contributed by atoms with E-state index in [0.717, 1.165) is 11.5 Å². The van der Waals surface area contributed by atoms with E-state index in [0.29, 0.717) is 0 Å². The van der Waals surface area contributed by atoms with Crippen LogP contribution in [0.1, 0.15) is 24.2 Å². The van der Waals surface area contributed by atoms with Crippen LogP contribution in [0.4, 0.5) is 0 Å². The maximum absolute atomic E-state index is 11.3. The zero-order valence-electron chi connectivity index (χ0n) is 12.6. The van der Waals surface area contributed by atoms with E-state index in [-0.39, 0.29) is 10.8 Å². The van der Waals surface area contributed by atoms with Crippen LogP contribution in [0.15, 0.2) is 71.9 Å². The lowest BCUT2D eigenvalue weighted by Gasteiger charge is -2.15. The minimum Gasteiger partial charge on any atom is -0.303 e. The second kappa shape index (κ2) is 5.98. The van der Waals surface area contributed by atoms with Crippen molar-refractivity contribution in [3.8, 4) is 5.69 Å². The Labute approximate surface area is 135 Å².